The number of anilines is 1. The van der Waals surface area contributed by atoms with Crippen molar-refractivity contribution in [3.05, 3.63) is 47.7 Å². The summed E-state index contributed by atoms with van der Waals surface area (Å²) in [5.41, 5.74) is 1.55. The third-order valence-electron chi connectivity index (χ3n) is 6.12. The number of carbonyl (C=O) groups excluding carboxylic acids is 3. The van der Waals surface area contributed by atoms with Crippen molar-refractivity contribution in [3.8, 4) is 0 Å². The molecule has 2 aliphatic rings. The van der Waals surface area contributed by atoms with Gasteiger partial charge in [-0.3, -0.25) is 19.2 Å². The fourth-order valence-corrected chi connectivity index (χ4v) is 4.36. The number of likely N-dealkylation sites (tertiary alicyclic amines) is 1. The number of aliphatic hydroxyl groups is 1. The van der Waals surface area contributed by atoms with Crippen LogP contribution in [-0.2, 0) is 34.0 Å². The second kappa shape index (κ2) is 10.7. The Morgan fingerprint density at radius 2 is 1.86 bits per heavy atom. The molecule has 1 saturated heterocycles. The first-order valence-electron chi connectivity index (χ1n) is 12.2. The monoisotopic (exact) mass is 498 g/mol. The van der Waals surface area contributed by atoms with E-state index in [4.69, 9.17) is 4.74 Å². The van der Waals surface area contributed by atoms with Crippen molar-refractivity contribution in [2.75, 3.05) is 25.0 Å². The van der Waals surface area contributed by atoms with E-state index in [2.05, 4.69) is 32.8 Å². The van der Waals surface area contributed by atoms with Crippen molar-refractivity contribution in [2.45, 2.75) is 64.6 Å². The van der Waals surface area contributed by atoms with Crippen LogP contribution in [-0.4, -0.2) is 80.0 Å². The molecule has 11 heteroatoms. The zero-order chi connectivity index (χ0) is 25.9. The molecule has 2 aliphatic heterocycles. The summed E-state index contributed by atoms with van der Waals surface area (Å²) in [6, 6.07) is 11.3. The lowest BCUT2D eigenvalue weighted by atomic mass is 10.0. The third-order valence-corrected chi connectivity index (χ3v) is 6.12. The smallest absolute Gasteiger partial charge is 0.410 e. The predicted molar refractivity (Wildman–Crippen MR) is 132 cm³/mol. The van der Waals surface area contributed by atoms with Crippen molar-refractivity contribution in [2.24, 2.45) is 0 Å². The Bertz CT molecular complexity index is 1100. The summed E-state index contributed by atoms with van der Waals surface area (Å²) in [7, 11) is 0. The molecular formula is C25H34N6O5. The Kier molecular flexibility index (Phi) is 7.60. The third kappa shape index (κ3) is 6.61. The van der Waals surface area contributed by atoms with Crippen molar-refractivity contribution >= 4 is 23.7 Å². The van der Waals surface area contributed by atoms with E-state index in [1.54, 1.807) is 26.8 Å². The molecule has 2 atom stereocenters. The fraction of sp³-hybridized carbons (Fsp3) is 0.520. The van der Waals surface area contributed by atoms with Crippen LogP contribution in [0.25, 0.3) is 0 Å². The van der Waals surface area contributed by atoms with Crippen LogP contribution in [0.3, 0.4) is 0 Å². The second-order valence-corrected chi connectivity index (χ2v) is 10.3. The van der Waals surface area contributed by atoms with Crippen molar-refractivity contribution < 1.29 is 24.2 Å². The van der Waals surface area contributed by atoms with Gasteiger partial charge in [0.15, 0.2) is 5.82 Å². The summed E-state index contributed by atoms with van der Waals surface area (Å²) in [6.45, 7) is 8.64. The molecule has 2 unspecified atom stereocenters. The van der Waals surface area contributed by atoms with Gasteiger partial charge in [-0.25, -0.2) is 4.79 Å². The Hall–Kier alpha value is -3.44. The molecule has 3 heterocycles. The highest BCUT2D eigenvalue weighted by atomic mass is 16.6. The van der Waals surface area contributed by atoms with E-state index in [0.29, 0.717) is 31.9 Å². The highest BCUT2D eigenvalue weighted by Crippen LogP contribution is 2.19. The summed E-state index contributed by atoms with van der Waals surface area (Å²) in [4.78, 5) is 40.9. The minimum Gasteiger partial charge on any atom is -0.444 e. The molecule has 0 aliphatic carbocycles. The van der Waals surface area contributed by atoms with Gasteiger partial charge in [0.25, 0.3) is 0 Å². The van der Waals surface area contributed by atoms with E-state index in [1.165, 1.54) is 10.5 Å². The van der Waals surface area contributed by atoms with Crippen molar-refractivity contribution in [3.63, 3.8) is 0 Å². The molecule has 1 aromatic carbocycles. The van der Waals surface area contributed by atoms with Crippen LogP contribution in [0.4, 0.5) is 10.6 Å². The van der Waals surface area contributed by atoms with Gasteiger partial charge in [0.1, 0.15) is 5.60 Å². The minimum atomic E-state index is -1.02. The summed E-state index contributed by atoms with van der Waals surface area (Å²) in [6.07, 6.45) is -1.23. The maximum absolute atomic E-state index is 12.5. The molecule has 0 radical (unpaired) electrons. The van der Waals surface area contributed by atoms with Crippen LogP contribution in [0.15, 0.2) is 36.4 Å². The number of ether oxygens (including phenoxy) is 1. The number of benzene rings is 1. The molecule has 4 rings (SSSR count). The minimum absolute atomic E-state index is 0.00866. The molecule has 1 fully saturated rings. The molecule has 0 bridgehead atoms. The zero-order valence-electron chi connectivity index (χ0n) is 20.9. The number of aliphatic hydroxyl groups excluding tert-OH is 1. The predicted octanol–water partition coefficient (Wildman–Crippen LogP) is 1.32. The molecule has 2 aromatic rings. The molecule has 1 aromatic heterocycles. The number of nitrogens with one attached hydrogen (secondary N) is 2. The van der Waals surface area contributed by atoms with Gasteiger partial charge in [-0.15, -0.1) is 0 Å². The lowest BCUT2D eigenvalue weighted by Gasteiger charge is -2.36. The van der Waals surface area contributed by atoms with Gasteiger partial charge in [0.2, 0.25) is 0 Å². The van der Waals surface area contributed by atoms with Crippen LogP contribution in [0.5, 0.6) is 0 Å². The molecule has 194 valence electrons. The number of hydrogen-bond acceptors (Lipinski definition) is 7. The summed E-state index contributed by atoms with van der Waals surface area (Å²) in [5.74, 6) is -1.40. The van der Waals surface area contributed by atoms with Crippen LogP contribution in [0.2, 0.25) is 0 Å². The van der Waals surface area contributed by atoms with Gasteiger partial charge >= 0.3 is 17.9 Å². The Morgan fingerprint density at radius 3 is 2.56 bits per heavy atom. The van der Waals surface area contributed by atoms with Gasteiger partial charge in [-0.2, -0.15) is 5.10 Å². The molecule has 3 N–H and O–H groups in total. The first kappa shape index (κ1) is 25.6. The van der Waals surface area contributed by atoms with Gasteiger partial charge in [-0.05, 0) is 32.8 Å². The average Bonchev–Trinajstić information content (AvgIpc) is 3.21. The first-order chi connectivity index (χ1) is 17.1. The summed E-state index contributed by atoms with van der Waals surface area (Å²) >= 11 is 0. The molecule has 3 amide bonds. The first-order valence-corrected chi connectivity index (χ1v) is 12.2. The number of aromatic nitrogens is 2. The Balaban J connectivity index is 1.26. The van der Waals surface area contributed by atoms with E-state index in [-0.39, 0.29) is 6.54 Å². The van der Waals surface area contributed by atoms with E-state index in [1.807, 2.05) is 22.9 Å². The van der Waals surface area contributed by atoms with E-state index in [0.717, 1.165) is 18.8 Å². The van der Waals surface area contributed by atoms with Crippen LogP contribution >= 0.6 is 0 Å². The normalized spacial score (nSPS) is 20.4. The van der Waals surface area contributed by atoms with Gasteiger partial charge in [-0.1, -0.05) is 30.3 Å². The molecular weight excluding hydrogens is 464 g/mol. The highest BCUT2D eigenvalue weighted by Gasteiger charge is 2.34. The van der Waals surface area contributed by atoms with E-state index in [9.17, 15) is 19.5 Å². The van der Waals surface area contributed by atoms with Gasteiger partial charge in [0.05, 0.1) is 30.9 Å². The second-order valence-electron chi connectivity index (χ2n) is 10.3. The number of carbonyl (C=O) groups is 3. The Labute approximate surface area is 210 Å². The molecule has 0 saturated carbocycles. The maximum Gasteiger partial charge on any atom is 0.410 e. The van der Waals surface area contributed by atoms with Crippen LogP contribution in [0.1, 0.15) is 38.4 Å². The number of amides is 3. The average molecular weight is 499 g/mol. The SMILES string of the molecule is CC(C)(C)OC(=O)N1CCC(NC(=O)C(=O)Nc2cc3n(n2)CCN(Cc2ccccc2)C3)C(O)C1. The summed E-state index contributed by atoms with van der Waals surface area (Å²) in [5, 5.41) is 20.0. The number of hydrogen-bond donors (Lipinski definition) is 3. The van der Waals surface area contributed by atoms with E-state index >= 15 is 0 Å². The standard InChI is InChI=1S/C25H34N6O5/c1-25(2,3)36-24(35)30-10-9-19(20(32)16-30)26-22(33)23(34)27-21-13-18-15-29(11-12-31(18)28-21)14-17-7-5-4-6-8-17/h4-8,13,19-20,32H,9-12,14-16H2,1-3H3,(H,26,33)(H,27,28,34). The lowest BCUT2D eigenvalue weighted by molar-refractivity contribution is -0.137. The topological polar surface area (TPSA) is 129 Å². The van der Waals surface area contributed by atoms with Crippen molar-refractivity contribution in [1.29, 1.82) is 0 Å². The molecule has 36 heavy (non-hydrogen) atoms. The van der Waals surface area contributed by atoms with Gasteiger partial charge in [0, 0.05) is 32.2 Å². The maximum atomic E-state index is 12.5. The largest absolute Gasteiger partial charge is 0.444 e. The number of nitrogens with zero attached hydrogens (tertiary/aromatic N) is 4. The van der Waals surface area contributed by atoms with Gasteiger partial charge < -0.3 is 25.4 Å². The fourth-order valence-electron chi connectivity index (χ4n) is 4.36. The zero-order valence-corrected chi connectivity index (χ0v) is 20.9. The van der Waals surface area contributed by atoms with Crippen LogP contribution < -0.4 is 10.6 Å². The number of fused-ring (bicyclic) bond motifs is 1. The molecule has 11 nitrogen and oxygen atoms in total. The van der Waals surface area contributed by atoms with E-state index < -0.39 is 35.7 Å². The molecule has 0 spiro atoms. The number of β-amino-alcohol motifs (C(OH)–C–C–N with tert-alkyl or cyclic N) is 1. The Morgan fingerprint density at radius 1 is 1.11 bits per heavy atom. The highest BCUT2D eigenvalue weighted by molar-refractivity contribution is 6.39. The number of rotatable bonds is 4. The lowest BCUT2D eigenvalue weighted by Crippen LogP contribution is -2.57. The van der Waals surface area contributed by atoms with Crippen LogP contribution in [0, 0.1) is 0 Å². The summed E-state index contributed by atoms with van der Waals surface area (Å²) < 4.78 is 7.17. The van der Waals surface area contributed by atoms with Crippen molar-refractivity contribution in [1.82, 2.24) is 24.9 Å². The number of piperidine rings is 1. The quantitative estimate of drug-likeness (QED) is 0.543.